The minimum Gasteiger partial charge on any atom is -0.618 e. The summed E-state index contributed by atoms with van der Waals surface area (Å²) in [6.45, 7) is 1.83. The molecule has 1 N–H and O–H groups in total. The van der Waals surface area contributed by atoms with Gasteiger partial charge in [-0.2, -0.15) is 4.73 Å². The van der Waals surface area contributed by atoms with Gasteiger partial charge in [0.1, 0.15) is 11.6 Å². The standard InChI is InChI=1S/C19H16FN3O2/c1-11-2-5-15(20)8-16(11)17-6-13-9-21-18(7-14(13)10-23(17)25)22-19(24)12-3-4-12/h2,5-10,12H,3-4H2,1H3,(H,21,22,24). The van der Waals surface area contributed by atoms with E-state index in [-0.39, 0.29) is 11.8 Å². The van der Waals surface area contributed by atoms with Crippen LogP contribution in [0.2, 0.25) is 0 Å². The van der Waals surface area contributed by atoms with Gasteiger partial charge in [0.15, 0.2) is 6.20 Å². The van der Waals surface area contributed by atoms with E-state index in [0.717, 1.165) is 28.5 Å². The van der Waals surface area contributed by atoms with Crippen LogP contribution in [-0.2, 0) is 4.79 Å². The lowest BCUT2D eigenvalue weighted by Gasteiger charge is -2.10. The number of carbonyl (C=O) groups is 1. The predicted molar refractivity (Wildman–Crippen MR) is 92.2 cm³/mol. The Labute approximate surface area is 143 Å². The van der Waals surface area contributed by atoms with Crippen molar-refractivity contribution in [3.63, 3.8) is 0 Å². The third-order valence-electron chi connectivity index (χ3n) is 4.43. The van der Waals surface area contributed by atoms with E-state index < -0.39 is 5.82 Å². The third-order valence-corrected chi connectivity index (χ3v) is 4.43. The van der Waals surface area contributed by atoms with Crippen molar-refractivity contribution in [2.75, 3.05) is 5.32 Å². The van der Waals surface area contributed by atoms with Crippen LogP contribution in [0.4, 0.5) is 10.2 Å². The third kappa shape index (κ3) is 3.03. The predicted octanol–water partition coefficient (Wildman–Crippen LogP) is 3.33. The number of amides is 1. The molecule has 0 bridgehead atoms. The van der Waals surface area contributed by atoms with Gasteiger partial charge in [-0.15, -0.1) is 0 Å². The number of nitrogens with one attached hydrogen (secondary N) is 1. The maximum absolute atomic E-state index is 13.6. The molecule has 2 aromatic heterocycles. The number of fused-ring (bicyclic) bond motifs is 1. The molecule has 1 aliphatic carbocycles. The van der Waals surface area contributed by atoms with E-state index in [4.69, 9.17) is 0 Å². The highest BCUT2D eigenvalue weighted by Gasteiger charge is 2.29. The summed E-state index contributed by atoms with van der Waals surface area (Å²) < 4.78 is 14.3. The monoisotopic (exact) mass is 337 g/mol. The number of carbonyl (C=O) groups excluding carboxylic acids is 1. The molecule has 4 rings (SSSR count). The van der Waals surface area contributed by atoms with Crippen LogP contribution >= 0.6 is 0 Å². The van der Waals surface area contributed by atoms with Crippen molar-refractivity contribution < 1.29 is 13.9 Å². The van der Waals surface area contributed by atoms with E-state index in [2.05, 4.69) is 10.3 Å². The van der Waals surface area contributed by atoms with Gasteiger partial charge >= 0.3 is 0 Å². The molecular formula is C19H16FN3O2. The zero-order chi connectivity index (χ0) is 17.6. The first-order valence-electron chi connectivity index (χ1n) is 8.11. The van der Waals surface area contributed by atoms with Gasteiger partial charge in [-0.1, -0.05) is 6.07 Å². The molecule has 1 fully saturated rings. The number of aryl methyl sites for hydroxylation is 1. The molecule has 0 atom stereocenters. The smallest absolute Gasteiger partial charge is 0.228 e. The second-order valence-electron chi connectivity index (χ2n) is 6.41. The summed E-state index contributed by atoms with van der Waals surface area (Å²) in [6.07, 6.45) is 4.85. The normalized spacial score (nSPS) is 13.8. The first-order valence-corrected chi connectivity index (χ1v) is 8.11. The molecule has 0 radical (unpaired) electrons. The van der Waals surface area contributed by atoms with Crippen molar-refractivity contribution in [2.24, 2.45) is 5.92 Å². The van der Waals surface area contributed by atoms with Crippen molar-refractivity contribution in [1.82, 2.24) is 4.98 Å². The van der Waals surface area contributed by atoms with Gasteiger partial charge < -0.3 is 10.5 Å². The Kier molecular flexibility index (Phi) is 3.60. The molecule has 126 valence electrons. The molecule has 3 aromatic rings. The zero-order valence-electron chi connectivity index (χ0n) is 13.6. The SMILES string of the molecule is Cc1ccc(F)cc1-c1cc2cnc(NC(=O)C3CC3)cc2c[n+]1[O-]. The fourth-order valence-corrected chi connectivity index (χ4v) is 2.83. The maximum Gasteiger partial charge on any atom is 0.228 e. The first kappa shape index (κ1) is 15.5. The molecule has 5 nitrogen and oxygen atoms in total. The van der Waals surface area contributed by atoms with Gasteiger partial charge in [0.05, 0.1) is 10.9 Å². The second-order valence-corrected chi connectivity index (χ2v) is 6.41. The van der Waals surface area contributed by atoms with Crippen LogP contribution in [0.5, 0.6) is 0 Å². The summed E-state index contributed by atoms with van der Waals surface area (Å²) in [5, 5.41) is 16.6. The zero-order valence-corrected chi connectivity index (χ0v) is 13.6. The fraction of sp³-hybridized carbons (Fsp3) is 0.211. The minimum absolute atomic E-state index is 0.0335. The molecule has 0 aliphatic heterocycles. The lowest BCUT2D eigenvalue weighted by atomic mass is 10.0. The van der Waals surface area contributed by atoms with Gasteiger partial charge in [0, 0.05) is 23.6 Å². The summed E-state index contributed by atoms with van der Waals surface area (Å²) >= 11 is 0. The van der Waals surface area contributed by atoms with Gasteiger partial charge in [-0.3, -0.25) is 4.79 Å². The molecule has 6 heteroatoms. The number of benzene rings is 1. The van der Waals surface area contributed by atoms with E-state index in [1.807, 2.05) is 6.92 Å². The van der Waals surface area contributed by atoms with Crippen molar-refractivity contribution in [1.29, 1.82) is 0 Å². The Bertz CT molecular complexity index is 999. The average Bonchev–Trinajstić information content (AvgIpc) is 3.41. The first-order chi connectivity index (χ1) is 12.0. The van der Waals surface area contributed by atoms with Crippen LogP contribution in [0.15, 0.2) is 42.7 Å². The van der Waals surface area contributed by atoms with Crippen molar-refractivity contribution in [3.8, 4) is 11.3 Å². The van der Waals surface area contributed by atoms with Crippen LogP contribution in [0.3, 0.4) is 0 Å². The quantitative estimate of drug-likeness (QED) is 0.589. The number of halogens is 1. The topological polar surface area (TPSA) is 68.9 Å². The van der Waals surface area contributed by atoms with E-state index in [1.54, 1.807) is 24.4 Å². The summed E-state index contributed by atoms with van der Waals surface area (Å²) in [6, 6.07) is 7.72. The van der Waals surface area contributed by atoms with E-state index >= 15 is 0 Å². The summed E-state index contributed by atoms with van der Waals surface area (Å²) in [7, 11) is 0. The van der Waals surface area contributed by atoms with Gasteiger partial charge in [-0.25, -0.2) is 9.37 Å². The Morgan fingerprint density at radius 2 is 2.08 bits per heavy atom. The Balaban J connectivity index is 1.74. The molecule has 1 amide bonds. The van der Waals surface area contributed by atoms with Crippen LogP contribution < -0.4 is 10.0 Å². The average molecular weight is 337 g/mol. The highest BCUT2D eigenvalue weighted by atomic mass is 19.1. The second kappa shape index (κ2) is 5.81. The Morgan fingerprint density at radius 1 is 1.28 bits per heavy atom. The molecule has 0 saturated heterocycles. The fourth-order valence-electron chi connectivity index (χ4n) is 2.83. The number of nitrogens with zero attached hydrogens (tertiary/aromatic N) is 2. The van der Waals surface area contributed by atoms with Gasteiger partial charge in [0.2, 0.25) is 11.6 Å². The lowest BCUT2D eigenvalue weighted by Crippen LogP contribution is -2.28. The van der Waals surface area contributed by atoms with Crippen molar-refractivity contribution in [2.45, 2.75) is 19.8 Å². The van der Waals surface area contributed by atoms with Crippen LogP contribution in [-0.4, -0.2) is 10.9 Å². The van der Waals surface area contributed by atoms with E-state index in [9.17, 15) is 14.4 Å². The molecular weight excluding hydrogens is 321 g/mol. The maximum atomic E-state index is 13.6. The Hall–Kier alpha value is -3.02. The van der Waals surface area contributed by atoms with E-state index in [1.165, 1.54) is 18.3 Å². The molecule has 2 heterocycles. The number of anilines is 1. The summed E-state index contributed by atoms with van der Waals surface area (Å²) in [4.78, 5) is 16.1. The lowest BCUT2D eigenvalue weighted by molar-refractivity contribution is -0.592. The molecule has 0 unspecified atom stereocenters. The molecule has 1 aromatic carbocycles. The minimum atomic E-state index is -0.392. The number of rotatable bonds is 3. The van der Waals surface area contributed by atoms with Crippen LogP contribution in [0, 0.1) is 23.9 Å². The van der Waals surface area contributed by atoms with Crippen LogP contribution in [0.25, 0.3) is 22.0 Å². The Morgan fingerprint density at radius 3 is 2.84 bits per heavy atom. The highest BCUT2D eigenvalue weighted by Crippen LogP contribution is 2.30. The van der Waals surface area contributed by atoms with Crippen molar-refractivity contribution in [3.05, 3.63) is 59.3 Å². The summed E-state index contributed by atoms with van der Waals surface area (Å²) in [5.41, 5.74) is 1.72. The van der Waals surface area contributed by atoms with Crippen molar-refractivity contribution >= 4 is 22.5 Å². The summed E-state index contributed by atoms with van der Waals surface area (Å²) in [5.74, 6) is 0.0881. The van der Waals surface area contributed by atoms with Crippen LogP contribution in [0.1, 0.15) is 18.4 Å². The number of hydrogen-bond donors (Lipinski definition) is 1. The molecule has 1 saturated carbocycles. The number of hydrogen-bond acceptors (Lipinski definition) is 3. The molecule has 0 spiro atoms. The largest absolute Gasteiger partial charge is 0.618 e. The molecule has 1 aliphatic rings. The van der Waals surface area contributed by atoms with E-state index in [0.29, 0.717) is 22.5 Å². The van der Waals surface area contributed by atoms with Gasteiger partial charge in [0.25, 0.3) is 0 Å². The molecule has 25 heavy (non-hydrogen) atoms. The highest BCUT2D eigenvalue weighted by molar-refractivity contribution is 5.95. The number of aromatic nitrogens is 2. The number of pyridine rings is 2. The van der Waals surface area contributed by atoms with Gasteiger partial charge in [-0.05, 0) is 43.5 Å².